The largest absolute Gasteiger partial charge is 0.467 e. The molecule has 0 radical (unpaired) electrons. The molecular formula is C24H31N3O3. The first-order valence-corrected chi connectivity index (χ1v) is 10.3. The van der Waals surface area contributed by atoms with E-state index in [2.05, 4.69) is 31.1 Å². The lowest BCUT2D eigenvalue weighted by atomic mass is 9.92. The van der Waals surface area contributed by atoms with Crippen molar-refractivity contribution in [1.29, 1.82) is 0 Å². The number of hydrazone groups is 1. The van der Waals surface area contributed by atoms with Crippen molar-refractivity contribution in [2.75, 3.05) is 13.6 Å². The molecule has 2 amide bonds. The molecule has 2 aromatic rings. The van der Waals surface area contributed by atoms with E-state index in [-0.39, 0.29) is 29.8 Å². The van der Waals surface area contributed by atoms with Gasteiger partial charge < -0.3 is 9.32 Å². The summed E-state index contributed by atoms with van der Waals surface area (Å²) in [5.74, 6) is 0.414. The Kier molecular flexibility index (Phi) is 6.15. The van der Waals surface area contributed by atoms with Gasteiger partial charge in [0.1, 0.15) is 18.3 Å². The zero-order chi connectivity index (χ0) is 22.1. The monoisotopic (exact) mass is 409 g/mol. The smallest absolute Gasteiger partial charge is 0.262 e. The highest BCUT2D eigenvalue weighted by Crippen LogP contribution is 2.33. The van der Waals surface area contributed by atoms with Crippen molar-refractivity contribution < 1.29 is 14.0 Å². The molecule has 1 atom stereocenters. The van der Waals surface area contributed by atoms with Gasteiger partial charge in [-0.15, -0.1) is 0 Å². The van der Waals surface area contributed by atoms with Crippen LogP contribution in [0.25, 0.3) is 0 Å². The summed E-state index contributed by atoms with van der Waals surface area (Å²) in [4.78, 5) is 27.1. The van der Waals surface area contributed by atoms with E-state index in [0.29, 0.717) is 18.6 Å². The van der Waals surface area contributed by atoms with Crippen LogP contribution in [0.3, 0.4) is 0 Å². The number of hydrogen-bond donors (Lipinski definition) is 0. The van der Waals surface area contributed by atoms with Gasteiger partial charge in [0, 0.05) is 19.9 Å². The second kappa shape index (κ2) is 8.46. The van der Waals surface area contributed by atoms with Crippen LogP contribution in [0.1, 0.15) is 62.1 Å². The molecule has 0 aliphatic carbocycles. The van der Waals surface area contributed by atoms with Gasteiger partial charge in [-0.25, -0.2) is 5.01 Å². The zero-order valence-corrected chi connectivity index (χ0v) is 18.7. The lowest BCUT2D eigenvalue weighted by molar-refractivity contribution is -0.141. The number of aryl methyl sites for hydroxylation is 2. The van der Waals surface area contributed by atoms with Gasteiger partial charge >= 0.3 is 0 Å². The number of likely N-dealkylation sites (N-methyl/N-ethyl adjacent to an activating group) is 1. The van der Waals surface area contributed by atoms with Gasteiger partial charge in [-0.1, -0.05) is 32.9 Å². The molecule has 3 rings (SSSR count). The number of carbonyl (C=O) groups is 2. The Morgan fingerprint density at radius 3 is 2.53 bits per heavy atom. The standard InChI is InChI=1S/C24H31N3O3/c1-16-9-10-18(12-17(16)2)19-13-20(21-8-7-11-30-21)27(25-19)23(29)15-26(6)22(28)14-24(3,4)5/h7-12,20H,13-15H2,1-6H3/t20-/m1/s1. The maximum atomic E-state index is 13.1. The predicted molar refractivity (Wildman–Crippen MR) is 117 cm³/mol. The van der Waals surface area contributed by atoms with Crippen molar-refractivity contribution in [3.63, 3.8) is 0 Å². The number of nitrogens with zero attached hydrogens (tertiary/aromatic N) is 3. The fraction of sp³-hybridized carbons (Fsp3) is 0.458. The predicted octanol–water partition coefficient (Wildman–Crippen LogP) is 4.47. The first-order valence-electron chi connectivity index (χ1n) is 10.3. The minimum Gasteiger partial charge on any atom is -0.467 e. The molecule has 1 aliphatic heterocycles. The van der Waals surface area contributed by atoms with Gasteiger partial charge in [-0.05, 0) is 54.2 Å². The molecule has 2 heterocycles. The van der Waals surface area contributed by atoms with Crippen LogP contribution in [0.2, 0.25) is 0 Å². The average molecular weight is 410 g/mol. The van der Waals surface area contributed by atoms with Gasteiger partial charge in [-0.3, -0.25) is 9.59 Å². The van der Waals surface area contributed by atoms with E-state index in [1.807, 2.05) is 39.0 Å². The number of hydrogen-bond acceptors (Lipinski definition) is 4. The zero-order valence-electron chi connectivity index (χ0n) is 18.7. The fourth-order valence-corrected chi connectivity index (χ4v) is 3.49. The van der Waals surface area contributed by atoms with E-state index in [4.69, 9.17) is 4.42 Å². The normalized spacial score (nSPS) is 16.5. The molecule has 0 unspecified atom stereocenters. The van der Waals surface area contributed by atoms with E-state index >= 15 is 0 Å². The van der Waals surface area contributed by atoms with Crippen LogP contribution in [-0.2, 0) is 9.59 Å². The van der Waals surface area contributed by atoms with Crippen molar-refractivity contribution in [3.8, 4) is 0 Å². The van der Waals surface area contributed by atoms with Crippen molar-refractivity contribution in [2.24, 2.45) is 10.5 Å². The topological polar surface area (TPSA) is 66.1 Å². The Balaban J connectivity index is 1.82. The van der Waals surface area contributed by atoms with E-state index in [1.165, 1.54) is 21.0 Å². The molecule has 0 N–H and O–H groups in total. The van der Waals surface area contributed by atoms with Crippen molar-refractivity contribution >= 4 is 17.5 Å². The molecule has 30 heavy (non-hydrogen) atoms. The number of benzene rings is 1. The highest BCUT2D eigenvalue weighted by molar-refractivity contribution is 6.03. The minimum absolute atomic E-state index is 0.0180. The van der Waals surface area contributed by atoms with Gasteiger partial charge in [-0.2, -0.15) is 5.10 Å². The summed E-state index contributed by atoms with van der Waals surface area (Å²) in [7, 11) is 1.66. The van der Waals surface area contributed by atoms with Crippen molar-refractivity contribution in [3.05, 3.63) is 59.0 Å². The second-order valence-electron chi connectivity index (χ2n) is 9.31. The Bertz CT molecular complexity index is 955. The third-order valence-electron chi connectivity index (χ3n) is 5.36. The molecule has 0 spiro atoms. The molecular weight excluding hydrogens is 378 g/mol. The van der Waals surface area contributed by atoms with Gasteiger partial charge in [0.25, 0.3) is 5.91 Å². The quantitative estimate of drug-likeness (QED) is 0.732. The summed E-state index contributed by atoms with van der Waals surface area (Å²) >= 11 is 0. The third kappa shape index (κ3) is 4.99. The molecule has 6 heteroatoms. The fourth-order valence-electron chi connectivity index (χ4n) is 3.49. The number of amides is 2. The molecule has 160 valence electrons. The molecule has 6 nitrogen and oxygen atoms in total. The highest BCUT2D eigenvalue weighted by Gasteiger charge is 2.35. The summed E-state index contributed by atoms with van der Waals surface area (Å²) in [5.41, 5.74) is 4.11. The second-order valence-corrected chi connectivity index (χ2v) is 9.31. The molecule has 1 aliphatic rings. The summed E-state index contributed by atoms with van der Waals surface area (Å²) in [6.07, 6.45) is 2.56. The van der Waals surface area contributed by atoms with Gasteiger partial charge in [0.05, 0.1) is 12.0 Å². The van der Waals surface area contributed by atoms with Crippen molar-refractivity contribution in [2.45, 2.75) is 53.5 Å². The molecule has 1 aromatic heterocycles. The van der Waals surface area contributed by atoms with E-state index in [1.54, 1.807) is 13.3 Å². The molecule has 0 saturated heterocycles. The van der Waals surface area contributed by atoms with Crippen LogP contribution in [0.5, 0.6) is 0 Å². The van der Waals surface area contributed by atoms with Crippen molar-refractivity contribution in [1.82, 2.24) is 9.91 Å². The first-order chi connectivity index (χ1) is 14.0. The van der Waals surface area contributed by atoms with Crippen LogP contribution in [-0.4, -0.2) is 41.0 Å². The molecule has 1 aromatic carbocycles. The number of rotatable bonds is 5. The summed E-state index contributed by atoms with van der Waals surface area (Å²) in [5, 5.41) is 6.13. The number of carbonyl (C=O) groups excluding carboxylic acids is 2. The average Bonchev–Trinajstić information content (AvgIpc) is 3.31. The van der Waals surface area contributed by atoms with E-state index in [9.17, 15) is 9.59 Å². The van der Waals surface area contributed by atoms with Crippen LogP contribution in [0.15, 0.2) is 46.1 Å². The lowest BCUT2D eigenvalue weighted by Gasteiger charge is -2.25. The third-order valence-corrected chi connectivity index (χ3v) is 5.36. The SMILES string of the molecule is Cc1ccc(C2=NN(C(=O)CN(C)C(=O)CC(C)(C)C)[C@@H](c3ccco3)C2)cc1C. The summed E-state index contributed by atoms with van der Waals surface area (Å²) < 4.78 is 5.60. The van der Waals surface area contributed by atoms with Crippen LogP contribution in [0.4, 0.5) is 0 Å². The Morgan fingerprint density at radius 1 is 1.20 bits per heavy atom. The van der Waals surface area contributed by atoms with E-state index in [0.717, 1.165) is 11.3 Å². The van der Waals surface area contributed by atoms with Gasteiger partial charge in [0.2, 0.25) is 5.91 Å². The highest BCUT2D eigenvalue weighted by atomic mass is 16.3. The summed E-state index contributed by atoms with van der Waals surface area (Å²) in [6, 6.07) is 9.56. The van der Waals surface area contributed by atoms with E-state index < -0.39 is 0 Å². The van der Waals surface area contributed by atoms with Gasteiger partial charge in [0.15, 0.2) is 0 Å². The Labute approximate surface area is 178 Å². The Morgan fingerprint density at radius 2 is 1.93 bits per heavy atom. The Hall–Kier alpha value is -2.89. The summed E-state index contributed by atoms with van der Waals surface area (Å²) in [6.45, 7) is 10.1. The minimum atomic E-state index is -0.310. The van der Waals surface area contributed by atoms with Crippen LogP contribution < -0.4 is 0 Å². The molecule has 0 fully saturated rings. The maximum absolute atomic E-state index is 13.1. The first kappa shape index (κ1) is 21.8. The lowest BCUT2D eigenvalue weighted by Crippen LogP contribution is -2.40. The molecule has 0 bridgehead atoms. The number of furan rings is 1. The van der Waals surface area contributed by atoms with Crippen LogP contribution in [0, 0.1) is 19.3 Å². The maximum Gasteiger partial charge on any atom is 0.262 e. The molecule has 0 saturated carbocycles. The van der Waals surface area contributed by atoms with Crippen LogP contribution >= 0.6 is 0 Å².